The van der Waals surface area contributed by atoms with Gasteiger partial charge >= 0.3 is 0 Å². The summed E-state index contributed by atoms with van der Waals surface area (Å²) in [6.07, 6.45) is 6.28. The van der Waals surface area contributed by atoms with Crippen LogP contribution in [0.2, 0.25) is 0 Å². The molecule has 1 aliphatic carbocycles. The number of hydrogen-bond acceptors (Lipinski definition) is 4. The number of amides is 1. The summed E-state index contributed by atoms with van der Waals surface area (Å²) >= 11 is 0. The Bertz CT molecular complexity index is 687. The molecule has 0 unspecified atom stereocenters. The van der Waals surface area contributed by atoms with E-state index < -0.39 is 10.0 Å². The second-order valence-corrected chi connectivity index (χ2v) is 8.47. The number of rotatable bonds is 3. The molecule has 4 rings (SSSR count). The Hall–Kier alpha value is -1.47. The van der Waals surface area contributed by atoms with Crippen molar-refractivity contribution in [1.29, 1.82) is 0 Å². The minimum absolute atomic E-state index is 0.0134. The van der Waals surface area contributed by atoms with Crippen LogP contribution in [0.5, 0.6) is 0 Å². The molecule has 1 amide bonds. The molecule has 3 heterocycles. The van der Waals surface area contributed by atoms with Gasteiger partial charge in [-0.25, -0.2) is 8.42 Å². The summed E-state index contributed by atoms with van der Waals surface area (Å²) in [7, 11) is -3.15. The van der Waals surface area contributed by atoms with Gasteiger partial charge in [-0.1, -0.05) is 0 Å². The molecular weight excluding hydrogens is 302 g/mol. The van der Waals surface area contributed by atoms with Gasteiger partial charge in [-0.3, -0.25) is 9.78 Å². The molecule has 3 aliphatic rings. The highest BCUT2D eigenvalue weighted by atomic mass is 32.2. The number of carbonyl (C=O) groups excluding carboxylic acids is 1. The molecule has 3 fully saturated rings. The average molecular weight is 321 g/mol. The van der Waals surface area contributed by atoms with Gasteiger partial charge in [-0.2, -0.15) is 4.31 Å². The van der Waals surface area contributed by atoms with Gasteiger partial charge in [-0.05, 0) is 37.8 Å². The molecule has 0 aromatic carbocycles. The minimum Gasteiger partial charge on any atom is -0.334 e. The Morgan fingerprint density at radius 3 is 2.41 bits per heavy atom. The summed E-state index contributed by atoms with van der Waals surface area (Å²) in [5.41, 5.74) is 0.624. The van der Waals surface area contributed by atoms with Crippen LogP contribution < -0.4 is 0 Å². The van der Waals surface area contributed by atoms with Crippen molar-refractivity contribution in [3.05, 3.63) is 30.1 Å². The van der Waals surface area contributed by atoms with E-state index in [1.54, 1.807) is 28.8 Å². The third-order valence-corrected chi connectivity index (χ3v) is 7.41. The zero-order valence-electron chi connectivity index (χ0n) is 12.3. The summed E-state index contributed by atoms with van der Waals surface area (Å²) in [4.78, 5) is 18.4. The van der Waals surface area contributed by atoms with E-state index in [0.717, 1.165) is 25.7 Å². The molecule has 0 spiro atoms. The van der Waals surface area contributed by atoms with Crippen molar-refractivity contribution in [3.63, 3.8) is 0 Å². The Labute approximate surface area is 130 Å². The number of likely N-dealkylation sites (tertiary alicyclic amines) is 1. The number of hydrogen-bond donors (Lipinski definition) is 0. The summed E-state index contributed by atoms with van der Waals surface area (Å²) in [6.45, 7) is 1.18. The standard InChI is InChI=1S/C15H19N3O3S/c19-15(11-3-7-16-8-4-11)17-9-5-14-13(17)6-10-18(14)22(20,21)12-1-2-12/h3-4,7-8,12-14H,1-2,5-6,9-10H2/t13-,14+/m1/s1. The summed E-state index contributed by atoms with van der Waals surface area (Å²) in [5.74, 6) is -0.0134. The normalized spacial score (nSPS) is 28.8. The van der Waals surface area contributed by atoms with Crippen LogP contribution in [0.3, 0.4) is 0 Å². The predicted octanol–water partition coefficient (Wildman–Crippen LogP) is 0.863. The first-order valence-corrected chi connectivity index (χ1v) is 9.31. The van der Waals surface area contributed by atoms with Crippen molar-refractivity contribution in [3.8, 4) is 0 Å². The molecule has 1 aromatic heterocycles. The largest absolute Gasteiger partial charge is 0.334 e. The first kappa shape index (κ1) is 14.1. The molecule has 0 N–H and O–H groups in total. The second kappa shape index (κ2) is 5.03. The number of fused-ring (bicyclic) bond motifs is 1. The van der Waals surface area contributed by atoms with Crippen molar-refractivity contribution in [2.24, 2.45) is 0 Å². The van der Waals surface area contributed by atoms with Crippen LogP contribution in [0, 0.1) is 0 Å². The SMILES string of the molecule is O=C(c1ccncc1)N1CC[C@H]2[C@H]1CCN2S(=O)(=O)C1CC1. The van der Waals surface area contributed by atoms with Gasteiger partial charge in [0.25, 0.3) is 5.91 Å². The van der Waals surface area contributed by atoms with E-state index in [1.807, 2.05) is 4.90 Å². The maximum atomic E-state index is 12.6. The number of pyridine rings is 1. The summed E-state index contributed by atoms with van der Waals surface area (Å²) in [5, 5.41) is -0.170. The number of aromatic nitrogens is 1. The van der Waals surface area contributed by atoms with E-state index in [4.69, 9.17) is 0 Å². The third kappa shape index (κ3) is 2.14. The van der Waals surface area contributed by atoms with Crippen molar-refractivity contribution in [2.45, 2.75) is 43.0 Å². The van der Waals surface area contributed by atoms with Gasteiger partial charge in [0.05, 0.1) is 5.25 Å². The Morgan fingerprint density at radius 1 is 1.05 bits per heavy atom. The lowest BCUT2D eigenvalue weighted by molar-refractivity contribution is 0.0735. The van der Waals surface area contributed by atoms with E-state index in [2.05, 4.69) is 4.98 Å². The van der Waals surface area contributed by atoms with E-state index in [1.165, 1.54) is 0 Å². The number of nitrogens with zero attached hydrogens (tertiary/aromatic N) is 3. The summed E-state index contributed by atoms with van der Waals surface area (Å²) in [6, 6.07) is 3.41. The average Bonchev–Trinajstić information content (AvgIpc) is 3.18. The molecule has 7 heteroatoms. The predicted molar refractivity (Wildman–Crippen MR) is 80.7 cm³/mol. The van der Waals surface area contributed by atoms with Crippen LogP contribution in [-0.4, -0.2) is 58.9 Å². The lowest BCUT2D eigenvalue weighted by Gasteiger charge is -2.25. The van der Waals surface area contributed by atoms with E-state index in [0.29, 0.717) is 18.7 Å². The maximum Gasteiger partial charge on any atom is 0.254 e. The van der Waals surface area contributed by atoms with Crippen molar-refractivity contribution >= 4 is 15.9 Å². The fourth-order valence-electron chi connectivity index (χ4n) is 3.73. The van der Waals surface area contributed by atoms with Crippen molar-refractivity contribution < 1.29 is 13.2 Å². The van der Waals surface area contributed by atoms with Crippen molar-refractivity contribution in [2.75, 3.05) is 13.1 Å². The molecular formula is C15H19N3O3S. The molecule has 6 nitrogen and oxygen atoms in total. The van der Waals surface area contributed by atoms with Crippen molar-refractivity contribution in [1.82, 2.24) is 14.2 Å². The third-order valence-electron chi connectivity index (χ3n) is 4.99. The van der Waals surface area contributed by atoms with Gasteiger partial charge in [0.1, 0.15) is 0 Å². The fourth-order valence-corrected chi connectivity index (χ4v) is 5.83. The Morgan fingerprint density at radius 2 is 1.73 bits per heavy atom. The van der Waals surface area contributed by atoms with E-state index in [-0.39, 0.29) is 23.2 Å². The van der Waals surface area contributed by atoms with Gasteiger partial charge in [0.2, 0.25) is 10.0 Å². The number of sulfonamides is 1. The first-order valence-electron chi connectivity index (χ1n) is 7.80. The maximum absolute atomic E-state index is 12.6. The summed E-state index contributed by atoms with van der Waals surface area (Å²) < 4.78 is 26.7. The van der Waals surface area contributed by atoms with Crippen LogP contribution in [-0.2, 0) is 10.0 Å². The lowest BCUT2D eigenvalue weighted by atomic mass is 10.1. The fraction of sp³-hybridized carbons (Fsp3) is 0.600. The first-order chi connectivity index (χ1) is 10.6. The van der Waals surface area contributed by atoms with Gasteiger partial charge < -0.3 is 4.90 Å². The molecule has 118 valence electrons. The van der Waals surface area contributed by atoms with Crippen LogP contribution in [0.4, 0.5) is 0 Å². The second-order valence-electron chi connectivity index (χ2n) is 6.30. The molecule has 22 heavy (non-hydrogen) atoms. The Balaban J connectivity index is 1.54. The van der Waals surface area contributed by atoms with Crippen LogP contribution in [0.25, 0.3) is 0 Å². The van der Waals surface area contributed by atoms with E-state index in [9.17, 15) is 13.2 Å². The number of carbonyl (C=O) groups is 1. The highest BCUT2D eigenvalue weighted by molar-refractivity contribution is 7.90. The van der Waals surface area contributed by atoms with Gasteiger partial charge in [0.15, 0.2) is 0 Å². The molecule has 2 saturated heterocycles. The minimum atomic E-state index is -3.15. The lowest BCUT2D eigenvalue weighted by Crippen LogP contribution is -2.42. The molecule has 0 radical (unpaired) electrons. The van der Waals surface area contributed by atoms with Crippen LogP contribution >= 0.6 is 0 Å². The highest BCUT2D eigenvalue weighted by Gasteiger charge is 2.52. The van der Waals surface area contributed by atoms with E-state index >= 15 is 0 Å². The molecule has 2 atom stereocenters. The Kier molecular flexibility index (Phi) is 3.23. The smallest absolute Gasteiger partial charge is 0.254 e. The topological polar surface area (TPSA) is 70.6 Å². The van der Waals surface area contributed by atoms with Gasteiger partial charge in [-0.15, -0.1) is 0 Å². The molecule has 0 bridgehead atoms. The monoisotopic (exact) mass is 321 g/mol. The molecule has 1 aromatic rings. The highest BCUT2D eigenvalue weighted by Crippen LogP contribution is 2.39. The zero-order chi connectivity index (χ0) is 15.3. The molecule has 1 saturated carbocycles. The quantitative estimate of drug-likeness (QED) is 0.828. The van der Waals surface area contributed by atoms with Crippen LogP contribution in [0.15, 0.2) is 24.5 Å². The molecule has 2 aliphatic heterocycles. The van der Waals surface area contributed by atoms with Gasteiger partial charge in [0, 0.05) is 43.1 Å². The zero-order valence-corrected chi connectivity index (χ0v) is 13.1. The van der Waals surface area contributed by atoms with Crippen LogP contribution in [0.1, 0.15) is 36.0 Å².